The van der Waals surface area contributed by atoms with E-state index in [1.165, 1.54) is 11.6 Å². The van der Waals surface area contributed by atoms with Crippen molar-refractivity contribution in [1.82, 2.24) is 18.7 Å². The molecule has 0 unspecified atom stereocenters. The third kappa shape index (κ3) is 4.62. The van der Waals surface area contributed by atoms with E-state index in [1.807, 2.05) is 42.7 Å². The van der Waals surface area contributed by atoms with Gasteiger partial charge in [0.2, 0.25) is 5.95 Å². The number of hydrogen-bond acceptors (Lipinski definition) is 5. The molecule has 0 amide bonds. The zero-order valence-corrected chi connectivity index (χ0v) is 18.7. The normalized spacial score (nSPS) is 11.5. The van der Waals surface area contributed by atoms with Crippen LogP contribution in [0.25, 0.3) is 11.2 Å². The van der Waals surface area contributed by atoms with Gasteiger partial charge in [-0.3, -0.25) is 18.5 Å². The summed E-state index contributed by atoms with van der Waals surface area (Å²) in [6, 6.07) is 7.89. The Balaban J connectivity index is 2.00. The van der Waals surface area contributed by atoms with Gasteiger partial charge in [-0.05, 0) is 38.0 Å². The fourth-order valence-electron chi connectivity index (χ4n) is 3.10. The van der Waals surface area contributed by atoms with Crippen LogP contribution in [-0.2, 0) is 25.4 Å². The van der Waals surface area contributed by atoms with E-state index in [2.05, 4.69) is 26.2 Å². The van der Waals surface area contributed by atoms with Crippen molar-refractivity contribution in [3.05, 3.63) is 55.1 Å². The van der Waals surface area contributed by atoms with Gasteiger partial charge in [0.25, 0.3) is 5.56 Å². The number of halogens is 1. The average molecular weight is 464 g/mol. The van der Waals surface area contributed by atoms with Gasteiger partial charge >= 0.3 is 5.69 Å². The van der Waals surface area contributed by atoms with E-state index in [0.717, 1.165) is 21.0 Å². The number of rotatable bonds is 8. The Morgan fingerprint density at radius 1 is 1.14 bits per heavy atom. The summed E-state index contributed by atoms with van der Waals surface area (Å²) in [7, 11) is 3.11. The van der Waals surface area contributed by atoms with Crippen molar-refractivity contribution in [2.75, 3.05) is 18.5 Å². The van der Waals surface area contributed by atoms with Gasteiger partial charge in [0.1, 0.15) is 0 Å². The summed E-state index contributed by atoms with van der Waals surface area (Å²) in [4.78, 5) is 29.8. The minimum Gasteiger partial charge on any atom is -0.379 e. The lowest BCUT2D eigenvalue weighted by Gasteiger charge is -2.12. The van der Waals surface area contributed by atoms with Gasteiger partial charge in [-0.1, -0.05) is 28.1 Å². The van der Waals surface area contributed by atoms with Gasteiger partial charge in [-0.15, -0.1) is 0 Å². The second-order valence-corrected chi connectivity index (χ2v) is 8.14. The van der Waals surface area contributed by atoms with Crippen molar-refractivity contribution in [2.45, 2.75) is 32.9 Å². The highest BCUT2D eigenvalue weighted by molar-refractivity contribution is 9.10. The Kier molecular flexibility index (Phi) is 6.59. The second-order valence-electron chi connectivity index (χ2n) is 7.23. The topological polar surface area (TPSA) is 83.1 Å². The summed E-state index contributed by atoms with van der Waals surface area (Å²) in [6.07, 6.45) is 0.992. The van der Waals surface area contributed by atoms with Crippen molar-refractivity contribution < 1.29 is 4.74 Å². The van der Waals surface area contributed by atoms with Crippen molar-refractivity contribution in [2.24, 2.45) is 14.1 Å². The monoisotopic (exact) mass is 463 g/mol. The molecule has 2 heterocycles. The third-order valence-electron chi connectivity index (χ3n) is 4.66. The zero-order chi connectivity index (χ0) is 21.1. The first kappa shape index (κ1) is 21.3. The number of ether oxygens (including phenoxy) is 1. The van der Waals surface area contributed by atoms with Crippen LogP contribution < -0.4 is 16.6 Å². The summed E-state index contributed by atoms with van der Waals surface area (Å²) in [5, 5.41) is 3.30. The molecule has 0 aliphatic heterocycles. The molecule has 29 heavy (non-hydrogen) atoms. The Bertz CT molecular complexity index is 1110. The fraction of sp³-hybridized carbons (Fsp3) is 0.450. The summed E-state index contributed by atoms with van der Waals surface area (Å²) in [5.74, 6) is 0.561. The number of nitrogens with zero attached hydrogens (tertiary/aromatic N) is 4. The summed E-state index contributed by atoms with van der Waals surface area (Å²) >= 11 is 3.44. The lowest BCUT2D eigenvalue weighted by Crippen LogP contribution is -2.37. The molecule has 3 rings (SSSR count). The summed E-state index contributed by atoms with van der Waals surface area (Å²) < 4.78 is 10.9. The molecule has 156 valence electrons. The molecule has 2 aromatic heterocycles. The van der Waals surface area contributed by atoms with Crippen LogP contribution >= 0.6 is 15.9 Å². The van der Waals surface area contributed by atoms with Gasteiger partial charge in [0.05, 0.1) is 12.6 Å². The van der Waals surface area contributed by atoms with Crippen LogP contribution in [0.3, 0.4) is 0 Å². The van der Waals surface area contributed by atoms with E-state index >= 15 is 0 Å². The molecular weight excluding hydrogens is 438 g/mol. The van der Waals surface area contributed by atoms with Crippen LogP contribution in [-0.4, -0.2) is 37.9 Å². The largest absolute Gasteiger partial charge is 0.379 e. The van der Waals surface area contributed by atoms with Gasteiger partial charge in [0, 0.05) is 31.7 Å². The maximum Gasteiger partial charge on any atom is 0.332 e. The Labute approximate surface area is 177 Å². The molecular formula is C20H26BrN5O3. The van der Waals surface area contributed by atoms with Crippen LogP contribution in [0.5, 0.6) is 0 Å². The first-order valence-electron chi connectivity index (χ1n) is 9.55. The molecule has 3 aromatic rings. The number of fused-ring (bicyclic) bond motifs is 1. The number of imidazole rings is 1. The number of aromatic nitrogens is 4. The molecule has 8 nitrogen and oxygen atoms in total. The Hall–Kier alpha value is -2.39. The molecule has 0 atom stereocenters. The maximum absolute atomic E-state index is 12.9. The Morgan fingerprint density at radius 2 is 1.83 bits per heavy atom. The molecule has 0 aliphatic rings. The van der Waals surface area contributed by atoms with Gasteiger partial charge < -0.3 is 10.1 Å². The van der Waals surface area contributed by atoms with E-state index < -0.39 is 5.69 Å². The van der Waals surface area contributed by atoms with Gasteiger partial charge in [0.15, 0.2) is 11.2 Å². The number of nitrogens with one attached hydrogen (secondary N) is 1. The van der Waals surface area contributed by atoms with Crippen LogP contribution in [0.4, 0.5) is 5.95 Å². The predicted molar refractivity (Wildman–Crippen MR) is 118 cm³/mol. The summed E-state index contributed by atoms with van der Waals surface area (Å²) in [5.41, 5.74) is 1.04. The van der Waals surface area contributed by atoms with Gasteiger partial charge in [-0.25, -0.2) is 4.79 Å². The van der Waals surface area contributed by atoms with Crippen molar-refractivity contribution in [3.8, 4) is 0 Å². The standard InChI is InChI=1S/C20H26BrN5O3/c1-13(2)29-11-5-10-22-19-23-17-16(18(27)25(4)20(28)24(17)3)26(19)12-14-6-8-15(21)9-7-14/h6-9,13H,5,10-12H2,1-4H3,(H,22,23). The van der Waals surface area contributed by atoms with Crippen molar-refractivity contribution >= 4 is 33.0 Å². The lowest BCUT2D eigenvalue weighted by molar-refractivity contribution is 0.0787. The van der Waals surface area contributed by atoms with E-state index in [9.17, 15) is 9.59 Å². The predicted octanol–water partition coefficient (Wildman–Crippen LogP) is 2.47. The highest BCUT2D eigenvalue weighted by Gasteiger charge is 2.19. The molecule has 0 spiro atoms. The molecule has 9 heteroatoms. The van der Waals surface area contributed by atoms with Crippen molar-refractivity contribution in [3.63, 3.8) is 0 Å². The van der Waals surface area contributed by atoms with Crippen molar-refractivity contribution in [1.29, 1.82) is 0 Å². The molecule has 0 fully saturated rings. The third-order valence-corrected chi connectivity index (χ3v) is 5.19. The molecule has 0 bridgehead atoms. The molecule has 0 saturated carbocycles. The first-order chi connectivity index (χ1) is 13.8. The van der Waals surface area contributed by atoms with Crippen LogP contribution in [0.1, 0.15) is 25.8 Å². The maximum atomic E-state index is 12.9. The fourth-order valence-corrected chi connectivity index (χ4v) is 3.36. The summed E-state index contributed by atoms with van der Waals surface area (Å²) in [6.45, 7) is 5.74. The van der Waals surface area contributed by atoms with Crippen LogP contribution in [0.2, 0.25) is 0 Å². The van der Waals surface area contributed by atoms with Crippen LogP contribution in [0.15, 0.2) is 38.3 Å². The smallest absolute Gasteiger partial charge is 0.332 e. The minimum absolute atomic E-state index is 0.189. The quantitative estimate of drug-likeness (QED) is 0.518. The van der Waals surface area contributed by atoms with Gasteiger partial charge in [-0.2, -0.15) is 4.98 Å². The highest BCUT2D eigenvalue weighted by atomic mass is 79.9. The SMILES string of the molecule is CC(C)OCCCNc1nc2c(c(=O)n(C)c(=O)n2C)n1Cc1ccc(Br)cc1. The Morgan fingerprint density at radius 3 is 2.48 bits per heavy atom. The minimum atomic E-state index is -0.396. The molecule has 1 aromatic carbocycles. The molecule has 0 radical (unpaired) electrons. The number of anilines is 1. The second kappa shape index (κ2) is 8.96. The average Bonchev–Trinajstić information content (AvgIpc) is 3.04. The van der Waals surface area contributed by atoms with E-state index in [4.69, 9.17) is 4.74 Å². The number of hydrogen-bond donors (Lipinski definition) is 1. The highest BCUT2D eigenvalue weighted by Crippen LogP contribution is 2.19. The van der Waals surface area contributed by atoms with Crippen LogP contribution in [0, 0.1) is 0 Å². The number of aryl methyl sites for hydroxylation is 1. The molecule has 1 N–H and O–H groups in total. The van der Waals surface area contributed by atoms with E-state index in [0.29, 0.717) is 36.8 Å². The van der Waals surface area contributed by atoms with E-state index in [-0.39, 0.29) is 11.7 Å². The lowest BCUT2D eigenvalue weighted by atomic mass is 10.2. The first-order valence-corrected chi connectivity index (χ1v) is 10.3. The molecule has 0 saturated heterocycles. The molecule has 0 aliphatic carbocycles. The zero-order valence-electron chi connectivity index (χ0n) is 17.1. The number of benzene rings is 1. The van der Waals surface area contributed by atoms with E-state index in [1.54, 1.807) is 7.05 Å².